The quantitative estimate of drug-likeness (QED) is 0.857. The van der Waals surface area contributed by atoms with Gasteiger partial charge in [-0.05, 0) is 24.6 Å². The van der Waals surface area contributed by atoms with E-state index in [0.717, 1.165) is 6.42 Å². The van der Waals surface area contributed by atoms with Crippen LogP contribution >= 0.6 is 0 Å². The largest absolute Gasteiger partial charge is 0.395 e. The van der Waals surface area contributed by atoms with Gasteiger partial charge in [-0.1, -0.05) is 11.8 Å². The molecule has 1 aliphatic rings. The van der Waals surface area contributed by atoms with Crippen molar-refractivity contribution in [2.24, 2.45) is 0 Å². The molecule has 112 valence electrons. The molecule has 1 heterocycles. The van der Waals surface area contributed by atoms with Crippen LogP contribution < -0.4 is 0 Å². The first kappa shape index (κ1) is 15.5. The Labute approximate surface area is 123 Å². The van der Waals surface area contributed by atoms with Crippen molar-refractivity contribution in [3.8, 4) is 11.8 Å². The second kappa shape index (κ2) is 7.21. The minimum Gasteiger partial charge on any atom is -0.395 e. The van der Waals surface area contributed by atoms with Gasteiger partial charge in [-0.15, -0.1) is 0 Å². The van der Waals surface area contributed by atoms with E-state index in [-0.39, 0.29) is 24.1 Å². The van der Waals surface area contributed by atoms with Gasteiger partial charge in [0, 0.05) is 25.6 Å². The third kappa shape index (κ3) is 3.81. The van der Waals surface area contributed by atoms with Gasteiger partial charge in [0.1, 0.15) is 5.82 Å². The molecule has 0 bridgehead atoms. The number of hydrogen-bond acceptors (Lipinski definition) is 3. The van der Waals surface area contributed by atoms with Crippen molar-refractivity contribution in [2.75, 3.05) is 26.9 Å². The van der Waals surface area contributed by atoms with Gasteiger partial charge in [-0.3, -0.25) is 4.79 Å². The summed E-state index contributed by atoms with van der Waals surface area (Å²) in [4.78, 5) is 13.9. The number of hydrogen-bond donors (Lipinski definition) is 1. The monoisotopic (exact) mass is 291 g/mol. The zero-order valence-corrected chi connectivity index (χ0v) is 11.9. The minimum absolute atomic E-state index is 0.0129. The van der Waals surface area contributed by atoms with Crippen LogP contribution in [0.15, 0.2) is 18.2 Å². The maximum absolute atomic E-state index is 13.9. The van der Waals surface area contributed by atoms with E-state index < -0.39 is 5.82 Å². The fourth-order valence-electron chi connectivity index (χ4n) is 2.17. The fourth-order valence-corrected chi connectivity index (χ4v) is 2.17. The molecule has 1 aromatic carbocycles. The lowest BCUT2D eigenvalue weighted by Crippen LogP contribution is -2.37. The number of carbonyl (C=O) groups excluding carboxylic acids is 1. The van der Waals surface area contributed by atoms with E-state index in [9.17, 15) is 9.18 Å². The number of benzene rings is 1. The van der Waals surface area contributed by atoms with E-state index in [4.69, 9.17) is 9.84 Å². The highest BCUT2D eigenvalue weighted by atomic mass is 19.1. The summed E-state index contributed by atoms with van der Waals surface area (Å²) in [5.74, 6) is 4.63. The number of likely N-dealkylation sites (N-methyl/N-ethyl adjacent to an activating group) is 1. The molecule has 1 saturated heterocycles. The van der Waals surface area contributed by atoms with Crippen LogP contribution in [0.3, 0.4) is 0 Å². The normalized spacial score (nSPS) is 17.2. The molecule has 1 atom stereocenters. The van der Waals surface area contributed by atoms with E-state index in [1.807, 2.05) is 0 Å². The lowest BCUT2D eigenvalue weighted by molar-refractivity contribution is 0.0706. The Morgan fingerprint density at radius 2 is 2.38 bits per heavy atom. The topological polar surface area (TPSA) is 49.8 Å². The molecular formula is C16H18FNO3. The van der Waals surface area contributed by atoms with Crippen LogP contribution in [0.2, 0.25) is 0 Å². The molecule has 0 radical (unpaired) electrons. The van der Waals surface area contributed by atoms with Crippen LogP contribution in [0.4, 0.5) is 4.39 Å². The molecule has 0 aromatic heterocycles. The maximum atomic E-state index is 13.9. The third-order valence-corrected chi connectivity index (χ3v) is 3.44. The fraction of sp³-hybridized carbons (Fsp3) is 0.438. The van der Waals surface area contributed by atoms with Crippen molar-refractivity contribution in [1.29, 1.82) is 0 Å². The maximum Gasteiger partial charge on any atom is 0.256 e. The summed E-state index contributed by atoms with van der Waals surface area (Å²) < 4.78 is 19.1. The van der Waals surface area contributed by atoms with Crippen LogP contribution in [-0.4, -0.2) is 48.8 Å². The third-order valence-electron chi connectivity index (χ3n) is 3.44. The second-order valence-electron chi connectivity index (χ2n) is 4.90. The first-order chi connectivity index (χ1) is 10.1. The Kier molecular flexibility index (Phi) is 5.32. The SMILES string of the molecule is CN(C(=O)c1cc(C#CCCO)ccc1F)C1CCOC1. The number of rotatable bonds is 3. The van der Waals surface area contributed by atoms with E-state index in [2.05, 4.69) is 11.8 Å². The standard InChI is InChI=1S/C16H18FNO3/c1-18(13-7-9-21-11-13)16(20)14-10-12(4-2-3-8-19)5-6-15(14)17/h5-6,10,13,19H,3,7-9,11H2,1H3. The van der Waals surface area contributed by atoms with E-state index in [0.29, 0.717) is 25.2 Å². The van der Waals surface area contributed by atoms with Crippen LogP contribution in [0.5, 0.6) is 0 Å². The molecule has 0 saturated carbocycles. The van der Waals surface area contributed by atoms with Crippen molar-refractivity contribution >= 4 is 5.91 Å². The van der Waals surface area contributed by atoms with Crippen LogP contribution in [-0.2, 0) is 4.74 Å². The van der Waals surface area contributed by atoms with Gasteiger partial charge in [0.05, 0.1) is 24.8 Å². The molecular weight excluding hydrogens is 273 g/mol. The predicted octanol–water partition coefficient (Wildman–Crippen LogP) is 1.42. The predicted molar refractivity (Wildman–Crippen MR) is 76.3 cm³/mol. The number of aliphatic hydroxyl groups excluding tert-OH is 1. The van der Waals surface area contributed by atoms with Crippen molar-refractivity contribution in [3.05, 3.63) is 35.1 Å². The lowest BCUT2D eigenvalue weighted by Gasteiger charge is -2.23. The van der Waals surface area contributed by atoms with Gasteiger partial charge >= 0.3 is 0 Å². The Morgan fingerprint density at radius 3 is 3.05 bits per heavy atom. The number of amides is 1. The number of nitrogens with zero attached hydrogens (tertiary/aromatic N) is 1. The first-order valence-electron chi connectivity index (χ1n) is 6.87. The number of aliphatic hydroxyl groups is 1. The molecule has 1 unspecified atom stereocenters. The highest BCUT2D eigenvalue weighted by Crippen LogP contribution is 2.17. The molecule has 0 spiro atoms. The Balaban J connectivity index is 2.19. The van der Waals surface area contributed by atoms with Gasteiger partial charge in [-0.25, -0.2) is 4.39 Å². The molecule has 4 nitrogen and oxygen atoms in total. The molecule has 0 aliphatic carbocycles. The average molecular weight is 291 g/mol. The van der Waals surface area contributed by atoms with Crippen molar-refractivity contribution in [2.45, 2.75) is 18.9 Å². The highest BCUT2D eigenvalue weighted by Gasteiger charge is 2.26. The summed E-state index contributed by atoms with van der Waals surface area (Å²) in [5, 5.41) is 8.69. The van der Waals surface area contributed by atoms with Crippen molar-refractivity contribution in [1.82, 2.24) is 4.90 Å². The van der Waals surface area contributed by atoms with Crippen LogP contribution in [0.1, 0.15) is 28.8 Å². The van der Waals surface area contributed by atoms with E-state index in [1.165, 1.54) is 23.1 Å². The summed E-state index contributed by atoms with van der Waals surface area (Å²) in [6.45, 7) is 1.09. The van der Waals surface area contributed by atoms with Gasteiger partial charge < -0.3 is 14.7 Å². The zero-order chi connectivity index (χ0) is 15.2. The van der Waals surface area contributed by atoms with Gasteiger partial charge in [0.15, 0.2) is 0 Å². The lowest BCUT2D eigenvalue weighted by atomic mass is 10.1. The molecule has 1 aromatic rings. The van der Waals surface area contributed by atoms with Gasteiger partial charge in [0.25, 0.3) is 5.91 Å². The molecule has 1 aliphatic heterocycles. The molecule has 21 heavy (non-hydrogen) atoms. The van der Waals surface area contributed by atoms with Crippen molar-refractivity contribution in [3.63, 3.8) is 0 Å². The Morgan fingerprint density at radius 1 is 1.57 bits per heavy atom. The van der Waals surface area contributed by atoms with Gasteiger partial charge in [-0.2, -0.15) is 0 Å². The molecule has 5 heteroatoms. The van der Waals surface area contributed by atoms with Crippen molar-refractivity contribution < 1.29 is 19.0 Å². The molecule has 1 N–H and O–H groups in total. The molecule has 1 amide bonds. The summed E-state index contributed by atoms with van der Waals surface area (Å²) in [7, 11) is 1.66. The smallest absolute Gasteiger partial charge is 0.256 e. The van der Waals surface area contributed by atoms with Gasteiger partial charge in [0.2, 0.25) is 0 Å². The number of ether oxygens (including phenoxy) is 1. The Bertz CT molecular complexity index is 571. The summed E-state index contributed by atoms with van der Waals surface area (Å²) in [6.07, 6.45) is 1.11. The second-order valence-corrected chi connectivity index (χ2v) is 4.90. The first-order valence-corrected chi connectivity index (χ1v) is 6.87. The number of carbonyl (C=O) groups is 1. The average Bonchev–Trinajstić information content (AvgIpc) is 3.02. The molecule has 2 rings (SSSR count). The minimum atomic E-state index is -0.557. The number of halogens is 1. The molecule has 1 fully saturated rings. The summed E-state index contributed by atoms with van der Waals surface area (Å²) >= 11 is 0. The van der Waals surface area contributed by atoms with E-state index >= 15 is 0 Å². The summed E-state index contributed by atoms with van der Waals surface area (Å²) in [6, 6.07) is 4.21. The zero-order valence-electron chi connectivity index (χ0n) is 11.9. The highest BCUT2D eigenvalue weighted by molar-refractivity contribution is 5.95. The van der Waals surface area contributed by atoms with Crippen LogP contribution in [0.25, 0.3) is 0 Å². The summed E-state index contributed by atoms with van der Waals surface area (Å²) in [5.41, 5.74) is 0.574. The van der Waals surface area contributed by atoms with Crippen LogP contribution in [0, 0.1) is 17.7 Å². The Hall–Kier alpha value is -1.90. The van der Waals surface area contributed by atoms with E-state index in [1.54, 1.807) is 7.05 Å².